The van der Waals surface area contributed by atoms with E-state index in [4.69, 9.17) is 4.74 Å². The summed E-state index contributed by atoms with van der Waals surface area (Å²) in [7, 11) is 0. The van der Waals surface area contributed by atoms with Crippen LogP contribution in [0.2, 0.25) is 0 Å². The number of carbonyl (C=O) groups excluding carboxylic acids is 3. The highest BCUT2D eigenvalue weighted by molar-refractivity contribution is 8.15. The van der Waals surface area contributed by atoms with Gasteiger partial charge in [0.25, 0.3) is 5.91 Å². The maximum Gasteiger partial charge on any atom is 0.270 e. The van der Waals surface area contributed by atoms with E-state index in [1.807, 2.05) is 57.2 Å². The van der Waals surface area contributed by atoms with E-state index in [1.165, 1.54) is 18.9 Å². The number of thioether (sulfide) groups is 1. The lowest BCUT2D eigenvalue weighted by Crippen LogP contribution is -2.48. The zero-order valence-corrected chi connectivity index (χ0v) is 20.8. The number of rotatable bonds is 5. The Bertz CT molecular complexity index is 1210. The second-order valence-corrected chi connectivity index (χ2v) is 9.80. The van der Waals surface area contributed by atoms with Gasteiger partial charge < -0.3 is 15.0 Å². The molecule has 0 aliphatic carbocycles. The standard InChI is InChI=1S/C25H28N4O4S/c1-15-8-6-9-20(13-15)33-11-7-10-28-22-17(3)12-16(2)14-21(22)25(23(28)32)29(19(5)31)27-24(34-25)26-18(4)30/h6,8-9,12-14H,7,10-11H2,1-5H3,(H,26,27,30)/t25-/m0/s1. The van der Waals surface area contributed by atoms with Crippen LogP contribution in [0.25, 0.3) is 0 Å². The Labute approximate surface area is 203 Å². The van der Waals surface area contributed by atoms with Crippen LogP contribution >= 0.6 is 11.8 Å². The summed E-state index contributed by atoms with van der Waals surface area (Å²) in [6.45, 7) is 9.53. The molecule has 34 heavy (non-hydrogen) atoms. The fourth-order valence-corrected chi connectivity index (χ4v) is 5.78. The minimum atomic E-state index is -1.38. The van der Waals surface area contributed by atoms with E-state index in [2.05, 4.69) is 10.4 Å². The van der Waals surface area contributed by atoms with Gasteiger partial charge in [0.05, 0.1) is 12.3 Å². The molecule has 178 valence electrons. The second-order valence-electron chi connectivity index (χ2n) is 8.62. The van der Waals surface area contributed by atoms with Crippen molar-refractivity contribution in [2.24, 2.45) is 5.10 Å². The van der Waals surface area contributed by atoms with E-state index in [9.17, 15) is 14.4 Å². The van der Waals surface area contributed by atoms with Crippen molar-refractivity contribution in [3.8, 4) is 5.75 Å². The fourth-order valence-electron chi connectivity index (χ4n) is 4.47. The summed E-state index contributed by atoms with van der Waals surface area (Å²) in [6, 6.07) is 11.8. The number of carbonyl (C=O) groups is 3. The molecule has 8 nitrogen and oxygen atoms in total. The molecule has 1 N–H and O–H groups in total. The van der Waals surface area contributed by atoms with Crippen molar-refractivity contribution in [2.45, 2.75) is 45.9 Å². The van der Waals surface area contributed by atoms with Gasteiger partial charge in [0.15, 0.2) is 5.17 Å². The Kier molecular flexibility index (Phi) is 6.40. The largest absolute Gasteiger partial charge is 0.494 e. The Morgan fingerprint density at radius 1 is 1.12 bits per heavy atom. The van der Waals surface area contributed by atoms with E-state index in [0.717, 1.165) is 39.9 Å². The summed E-state index contributed by atoms with van der Waals surface area (Å²) in [4.78, 5) is 38.6. The predicted molar refractivity (Wildman–Crippen MR) is 133 cm³/mol. The monoisotopic (exact) mass is 480 g/mol. The molecule has 3 amide bonds. The van der Waals surface area contributed by atoms with Crippen molar-refractivity contribution in [1.29, 1.82) is 0 Å². The molecule has 2 aromatic carbocycles. The quantitative estimate of drug-likeness (QED) is 0.661. The molecule has 0 aromatic heterocycles. The van der Waals surface area contributed by atoms with Crippen LogP contribution < -0.4 is 15.0 Å². The minimum absolute atomic E-state index is 0.228. The van der Waals surface area contributed by atoms with Crippen LogP contribution in [0, 0.1) is 20.8 Å². The van der Waals surface area contributed by atoms with Crippen LogP contribution in [0.4, 0.5) is 5.69 Å². The van der Waals surface area contributed by atoms with Crippen LogP contribution in [0.5, 0.6) is 5.75 Å². The molecule has 2 heterocycles. The first kappa shape index (κ1) is 23.8. The molecule has 0 fully saturated rings. The molecule has 0 saturated heterocycles. The molecule has 4 rings (SSSR count). The van der Waals surface area contributed by atoms with E-state index in [-0.39, 0.29) is 22.9 Å². The molecular formula is C25H28N4O4S. The van der Waals surface area contributed by atoms with Crippen molar-refractivity contribution in [2.75, 3.05) is 18.1 Å². The average molecular weight is 481 g/mol. The van der Waals surface area contributed by atoms with Crippen molar-refractivity contribution >= 4 is 40.3 Å². The topological polar surface area (TPSA) is 91.3 Å². The van der Waals surface area contributed by atoms with Crippen molar-refractivity contribution in [3.63, 3.8) is 0 Å². The fraction of sp³-hybridized carbons (Fsp3) is 0.360. The zero-order chi connectivity index (χ0) is 24.6. The van der Waals surface area contributed by atoms with Gasteiger partial charge >= 0.3 is 0 Å². The third-order valence-corrected chi connectivity index (χ3v) is 6.95. The van der Waals surface area contributed by atoms with Gasteiger partial charge in [0.2, 0.25) is 16.7 Å². The number of hydrogen-bond donors (Lipinski definition) is 1. The number of ether oxygens (including phenoxy) is 1. The van der Waals surface area contributed by atoms with Gasteiger partial charge in [-0.3, -0.25) is 14.4 Å². The third kappa shape index (κ3) is 4.16. The predicted octanol–water partition coefficient (Wildman–Crippen LogP) is 3.58. The molecule has 0 unspecified atom stereocenters. The third-order valence-electron chi connectivity index (χ3n) is 5.71. The first-order valence-corrected chi connectivity index (χ1v) is 11.9. The maximum absolute atomic E-state index is 14.0. The van der Waals surface area contributed by atoms with Gasteiger partial charge in [-0.25, -0.2) is 0 Å². The molecule has 0 saturated carbocycles. The van der Waals surface area contributed by atoms with Gasteiger partial charge in [-0.05, 0) is 62.2 Å². The van der Waals surface area contributed by atoms with E-state index in [0.29, 0.717) is 25.1 Å². The number of nitrogens with one attached hydrogen (secondary N) is 1. The van der Waals surface area contributed by atoms with Crippen molar-refractivity contribution in [1.82, 2.24) is 10.3 Å². The highest BCUT2D eigenvalue weighted by atomic mass is 32.2. The van der Waals surface area contributed by atoms with Gasteiger partial charge in [0.1, 0.15) is 5.75 Å². The molecule has 0 bridgehead atoms. The number of aryl methyl sites for hydroxylation is 3. The summed E-state index contributed by atoms with van der Waals surface area (Å²) in [5.41, 5.74) is 4.52. The molecule has 0 radical (unpaired) electrons. The average Bonchev–Trinajstić information content (AvgIpc) is 3.23. The summed E-state index contributed by atoms with van der Waals surface area (Å²) in [5.74, 6) is -0.158. The summed E-state index contributed by atoms with van der Waals surface area (Å²) in [5, 5.41) is 8.38. The Hall–Kier alpha value is -3.33. The molecular weight excluding hydrogens is 452 g/mol. The number of amidine groups is 1. The summed E-state index contributed by atoms with van der Waals surface area (Å²) in [6.07, 6.45) is 0.604. The minimum Gasteiger partial charge on any atom is -0.494 e. The van der Waals surface area contributed by atoms with Crippen LogP contribution in [0.3, 0.4) is 0 Å². The first-order valence-electron chi connectivity index (χ1n) is 11.1. The van der Waals surface area contributed by atoms with Crippen LogP contribution in [-0.2, 0) is 19.3 Å². The van der Waals surface area contributed by atoms with E-state index >= 15 is 0 Å². The molecule has 9 heteroatoms. The van der Waals surface area contributed by atoms with E-state index in [1.54, 1.807) is 4.90 Å². The number of hydrazone groups is 1. The number of anilines is 1. The summed E-state index contributed by atoms with van der Waals surface area (Å²) >= 11 is 1.10. The molecule has 2 aliphatic heterocycles. The molecule has 2 aliphatic rings. The van der Waals surface area contributed by atoms with Crippen LogP contribution in [0.1, 0.15) is 42.5 Å². The Balaban J connectivity index is 1.64. The van der Waals surface area contributed by atoms with Gasteiger partial charge in [-0.1, -0.05) is 29.8 Å². The highest BCUT2D eigenvalue weighted by Gasteiger charge is 2.61. The van der Waals surface area contributed by atoms with Crippen molar-refractivity contribution < 1.29 is 19.1 Å². The van der Waals surface area contributed by atoms with Gasteiger partial charge in [-0.15, -0.1) is 5.10 Å². The highest BCUT2D eigenvalue weighted by Crippen LogP contribution is 2.55. The smallest absolute Gasteiger partial charge is 0.270 e. The zero-order valence-electron chi connectivity index (χ0n) is 20.0. The Morgan fingerprint density at radius 3 is 2.56 bits per heavy atom. The number of hydrogen-bond acceptors (Lipinski definition) is 6. The Morgan fingerprint density at radius 2 is 1.88 bits per heavy atom. The number of amides is 3. The second kappa shape index (κ2) is 9.13. The molecule has 2 aromatic rings. The molecule has 1 spiro atoms. The number of benzene rings is 2. The number of fused-ring (bicyclic) bond motifs is 2. The molecule has 1 atom stereocenters. The van der Waals surface area contributed by atoms with E-state index < -0.39 is 4.87 Å². The maximum atomic E-state index is 14.0. The van der Waals surface area contributed by atoms with Crippen LogP contribution in [-0.4, -0.2) is 41.0 Å². The lowest BCUT2D eigenvalue weighted by Gasteiger charge is -2.29. The normalized spacial score (nSPS) is 18.9. The summed E-state index contributed by atoms with van der Waals surface area (Å²) < 4.78 is 5.88. The van der Waals surface area contributed by atoms with Gasteiger partial charge in [-0.2, -0.15) is 5.01 Å². The first-order chi connectivity index (χ1) is 16.1. The lowest BCUT2D eigenvalue weighted by atomic mass is 10.0. The van der Waals surface area contributed by atoms with Gasteiger partial charge in [0, 0.05) is 26.0 Å². The van der Waals surface area contributed by atoms with Crippen LogP contribution in [0.15, 0.2) is 41.5 Å². The number of nitrogens with zero attached hydrogens (tertiary/aromatic N) is 3. The van der Waals surface area contributed by atoms with Crippen molar-refractivity contribution in [3.05, 3.63) is 58.7 Å². The lowest BCUT2D eigenvalue weighted by molar-refractivity contribution is -0.139. The SMILES string of the molecule is CC(=O)NC1=NN(C(C)=O)[C@@]2(S1)C(=O)N(CCCOc1cccc(C)c1)c1c(C)cc(C)cc12.